The number of hydrogen-bond donors (Lipinski definition) is 0. The lowest BCUT2D eigenvalue weighted by atomic mass is 9.88. The molecule has 70 heavy (non-hydrogen) atoms. The molecule has 6 nitrogen and oxygen atoms in total. The number of pyridine rings is 1. The largest absolute Gasteiger partial charge is 0.458 e. The number of nitrogens with zero attached hydrogens (tertiary/aromatic N) is 5. The van der Waals surface area contributed by atoms with Crippen LogP contribution in [0.15, 0.2) is 219 Å². The zero-order valence-electron chi connectivity index (χ0n) is 38.9. The second-order valence-electron chi connectivity index (χ2n) is 19.4. The molecule has 5 heterocycles. The van der Waals surface area contributed by atoms with E-state index < -0.39 is 0 Å². The number of rotatable bonds is 5. The van der Waals surface area contributed by atoms with Gasteiger partial charge in [-0.2, -0.15) is 0 Å². The Bertz CT molecular complexity index is 4260. The first-order valence-electron chi connectivity index (χ1n) is 24.0. The summed E-state index contributed by atoms with van der Waals surface area (Å²) in [7, 11) is 0. The molecule has 0 saturated heterocycles. The highest BCUT2D eigenvalue weighted by atomic mass is 16.5. The monoisotopic (exact) mass is 899 g/mol. The van der Waals surface area contributed by atoms with E-state index in [1.807, 2.05) is 12.3 Å². The number of ether oxygens (including phenoxy) is 1. The van der Waals surface area contributed by atoms with Crippen molar-refractivity contribution in [2.45, 2.75) is 26.2 Å². The van der Waals surface area contributed by atoms with Gasteiger partial charge in [0.1, 0.15) is 23.0 Å². The SMILES string of the molecule is CC(C)(C)c1ccnc(-n2c3ccccc3c3ccc(Oc4cccc(-n5[c-][n+]6c7c(cccc75)-c5ccccc5-c5ccccc5-c5ccc7c8ccccc8n(-c8ccccc8)c7c5-6)c4)cc32)c1. The Labute approximate surface area is 405 Å². The standard InChI is InChI=1S/C64H45N5O/c1-64(2,3)41-35-36-65-60(37-41)69-57-29-14-11-25-50(57)52-32-31-45(39-59(52)69)70-44-20-15-19-43(38-44)66-40-67-61-53(27-16-30-58(61)66)48-23-9-7-21-46(48)47-22-8-10-24-49(47)54-33-34-55-51-26-12-13-28-56(51)68(63(55)62(54)67)42-17-5-4-6-18-42/h4-39H,1-3H3. The Morgan fingerprint density at radius 1 is 0.443 bits per heavy atom. The van der Waals surface area contributed by atoms with Crippen LogP contribution in [0.3, 0.4) is 0 Å². The third-order valence-corrected chi connectivity index (χ3v) is 14.2. The zero-order chi connectivity index (χ0) is 46.7. The van der Waals surface area contributed by atoms with Crippen molar-refractivity contribution in [3.63, 3.8) is 0 Å². The first-order chi connectivity index (χ1) is 34.4. The Morgan fingerprint density at radius 3 is 1.77 bits per heavy atom. The van der Waals surface area contributed by atoms with Crippen LogP contribution in [-0.2, 0) is 5.41 Å². The summed E-state index contributed by atoms with van der Waals surface area (Å²) in [6.45, 7) is 6.72. The first kappa shape index (κ1) is 40.1. The molecule has 0 saturated carbocycles. The summed E-state index contributed by atoms with van der Waals surface area (Å²) in [5, 5.41) is 4.69. The molecule has 0 N–H and O–H groups in total. The van der Waals surface area contributed by atoms with Gasteiger partial charge in [0.05, 0.1) is 38.8 Å². The summed E-state index contributed by atoms with van der Waals surface area (Å²) in [5.74, 6) is 2.34. The van der Waals surface area contributed by atoms with E-state index in [0.29, 0.717) is 0 Å². The average molecular weight is 900 g/mol. The second-order valence-corrected chi connectivity index (χ2v) is 19.4. The van der Waals surface area contributed by atoms with E-state index in [1.54, 1.807) is 0 Å². The van der Waals surface area contributed by atoms with Gasteiger partial charge in [0.25, 0.3) is 6.33 Å². The fourth-order valence-corrected chi connectivity index (χ4v) is 11.1. The molecular weight excluding hydrogens is 855 g/mol. The van der Waals surface area contributed by atoms with Crippen molar-refractivity contribution < 1.29 is 9.30 Å². The zero-order valence-corrected chi connectivity index (χ0v) is 38.9. The maximum atomic E-state index is 6.88. The summed E-state index contributed by atoms with van der Waals surface area (Å²) >= 11 is 0. The Hall–Kier alpha value is -9.00. The predicted octanol–water partition coefficient (Wildman–Crippen LogP) is 15.7. The summed E-state index contributed by atoms with van der Waals surface area (Å²) in [6, 6.07) is 76.1. The topological polar surface area (TPSA) is 40.8 Å². The molecule has 13 aromatic rings. The van der Waals surface area contributed by atoms with E-state index in [4.69, 9.17) is 9.72 Å². The summed E-state index contributed by atoms with van der Waals surface area (Å²) in [6.07, 6.45) is 5.92. The van der Waals surface area contributed by atoms with Crippen LogP contribution in [0.5, 0.6) is 11.5 Å². The van der Waals surface area contributed by atoms with Crippen molar-refractivity contribution in [3.8, 4) is 67.8 Å². The van der Waals surface area contributed by atoms with Crippen molar-refractivity contribution in [2.24, 2.45) is 0 Å². The third-order valence-electron chi connectivity index (χ3n) is 14.2. The van der Waals surface area contributed by atoms with Crippen molar-refractivity contribution in [1.29, 1.82) is 0 Å². The van der Waals surface area contributed by atoms with E-state index in [9.17, 15) is 0 Å². The minimum Gasteiger partial charge on any atom is -0.458 e. The molecule has 0 radical (unpaired) electrons. The highest BCUT2D eigenvalue weighted by Gasteiger charge is 2.28. The van der Waals surface area contributed by atoms with Crippen molar-refractivity contribution >= 4 is 54.6 Å². The lowest BCUT2D eigenvalue weighted by Gasteiger charge is -2.20. The van der Waals surface area contributed by atoms with Gasteiger partial charge < -0.3 is 9.30 Å². The van der Waals surface area contributed by atoms with Crippen LogP contribution in [0.4, 0.5) is 0 Å². The van der Waals surface area contributed by atoms with E-state index in [2.05, 4.69) is 252 Å². The summed E-state index contributed by atoms with van der Waals surface area (Å²) < 4.78 is 16.1. The molecule has 0 amide bonds. The van der Waals surface area contributed by atoms with Crippen LogP contribution >= 0.6 is 0 Å². The third kappa shape index (κ3) is 6.06. The molecule has 332 valence electrons. The summed E-state index contributed by atoms with van der Waals surface area (Å²) in [5.41, 5.74) is 17.7. The van der Waals surface area contributed by atoms with Gasteiger partial charge in [-0.1, -0.05) is 160 Å². The normalized spacial score (nSPS) is 12.2. The van der Waals surface area contributed by atoms with E-state index >= 15 is 0 Å². The van der Waals surface area contributed by atoms with Gasteiger partial charge in [-0.25, -0.2) is 4.98 Å². The minimum absolute atomic E-state index is 0.0256. The molecule has 1 aliphatic heterocycles. The van der Waals surface area contributed by atoms with Gasteiger partial charge in [0.2, 0.25) is 0 Å². The molecule has 0 fully saturated rings. The average Bonchev–Trinajstić information content (AvgIpc) is 4.07. The smallest absolute Gasteiger partial charge is 0.269 e. The molecule has 0 atom stereocenters. The number of hydrogen-bond acceptors (Lipinski definition) is 2. The number of fused-ring (bicyclic) bond motifs is 14. The highest BCUT2D eigenvalue weighted by molar-refractivity contribution is 6.14. The molecule has 4 aromatic heterocycles. The van der Waals surface area contributed by atoms with E-state index in [-0.39, 0.29) is 5.41 Å². The Morgan fingerprint density at radius 2 is 1.01 bits per heavy atom. The number of imidazole rings is 1. The predicted molar refractivity (Wildman–Crippen MR) is 285 cm³/mol. The van der Waals surface area contributed by atoms with Gasteiger partial charge in [-0.15, -0.1) is 0 Å². The van der Waals surface area contributed by atoms with Gasteiger partial charge in [-0.3, -0.25) is 13.7 Å². The number of benzene rings is 9. The van der Waals surface area contributed by atoms with E-state index in [1.165, 1.54) is 38.4 Å². The second kappa shape index (κ2) is 15.3. The quantitative estimate of drug-likeness (QED) is 0.128. The van der Waals surface area contributed by atoms with Crippen LogP contribution in [0.2, 0.25) is 0 Å². The molecular formula is C64H45N5O. The van der Waals surface area contributed by atoms with E-state index in [0.717, 1.165) is 89.6 Å². The fraction of sp³-hybridized carbons (Fsp3) is 0.0625. The molecule has 1 aliphatic rings. The molecule has 0 unspecified atom stereocenters. The van der Waals surface area contributed by atoms with Gasteiger partial charge in [0, 0.05) is 39.5 Å². The Kier molecular flexibility index (Phi) is 8.74. The maximum absolute atomic E-state index is 6.88. The fourth-order valence-electron chi connectivity index (χ4n) is 11.1. The molecule has 14 rings (SSSR count). The van der Waals surface area contributed by atoms with Crippen LogP contribution < -0.4 is 9.30 Å². The lowest BCUT2D eigenvalue weighted by Crippen LogP contribution is -2.32. The molecule has 6 heteroatoms. The molecule has 0 spiro atoms. The van der Waals surface area contributed by atoms with Crippen LogP contribution in [0.25, 0.3) is 111 Å². The van der Waals surface area contributed by atoms with Gasteiger partial charge in [0.15, 0.2) is 0 Å². The maximum Gasteiger partial charge on any atom is 0.269 e. The highest BCUT2D eigenvalue weighted by Crippen LogP contribution is 2.46. The summed E-state index contributed by atoms with van der Waals surface area (Å²) in [4.78, 5) is 4.91. The first-order valence-corrected chi connectivity index (χ1v) is 24.0. The minimum atomic E-state index is -0.0256. The molecule has 0 aliphatic carbocycles. The van der Waals surface area contributed by atoms with Crippen LogP contribution in [-0.4, -0.2) is 18.7 Å². The Balaban J connectivity index is 0.992. The van der Waals surface area contributed by atoms with Crippen LogP contribution in [0.1, 0.15) is 26.3 Å². The number of aromatic nitrogens is 5. The molecule has 0 bridgehead atoms. The van der Waals surface area contributed by atoms with Gasteiger partial charge >= 0.3 is 0 Å². The number of para-hydroxylation sites is 4. The van der Waals surface area contributed by atoms with Crippen molar-refractivity contribution in [2.75, 3.05) is 0 Å². The molecule has 9 aromatic carbocycles. The van der Waals surface area contributed by atoms with Gasteiger partial charge in [-0.05, 0) is 111 Å². The van der Waals surface area contributed by atoms with Crippen molar-refractivity contribution in [3.05, 3.63) is 230 Å². The van der Waals surface area contributed by atoms with Crippen LogP contribution in [0, 0.1) is 6.33 Å². The van der Waals surface area contributed by atoms with Crippen molar-refractivity contribution in [1.82, 2.24) is 18.7 Å². The lowest BCUT2D eigenvalue weighted by molar-refractivity contribution is -0.570.